The van der Waals surface area contributed by atoms with Gasteiger partial charge in [-0.15, -0.1) is 0 Å². The fourth-order valence-corrected chi connectivity index (χ4v) is 4.14. The third-order valence-corrected chi connectivity index (χ3v) is 6.51. The fraction of sp³-hybridized carbons (Fsp3) is 0.0909. The summed E-state index contributed by atoms with van der Waals surface area (Å²) >= 11 is 18.4. The molecular weight excluding hydrogens is 562 g/mol. The Kier molecular flexibility index (Phi) is 9.18. The smallest absolute Gasteiger partial charge is 0.294 e. The minimum absolute atomic E-state index is 0. The van der Waals surface area contributed by atoms with E-state index in [1.54, 1.807) is 43.3 Å². The predicted octanol–water partition coefficient (Wildman–Crippen LogP) is 6.18. The van der Waals surface area contributed by atoms with Gasteiger partial charge in [0.15, 0.2) is 11.8 Å². The number of rotatable bonds is 6. The molecule has 0 bridgehead atoms. The average Bonchev–Trinajstić information content (AvgIpc) is 3.08. The van der Waals surface area contributed by atoms with Crippen molar-refractivity contribution in [3.63, 3.8) is 0 Å². The molecule has 9 nitrogen and oxygen atoms in total. The Balaban J connectivity index is 0.00000361. The molecule has 0 fully saturated rings. The van der Waals surface area contributed by atoms with Crippen LogP contribution in [0.15, 0.2) is 80.9 Å². The normalized spacial score (nSPS) is 15.7. The molecule has 0 saturated carbocycles. The van der Waals surface area contributed by atoms with E-state index >= 15 is 0 Å². The molecule has 4 rings (SSSR count). The van der Waals surface area contributed by atoms with E-state index in [-0.39, 0.29) is 51.7 Å². The summed E-state index contributed by atoms with van der Waals surface area (Å²) in [4.78, 5) is 12.6. The molecule has 1 amide bonds. The van der Waals surface area contributed by atoms with Gasteiger partial charge in [0.25, 0.3) is 16.0 Å². The average molecular weight is 577 g/mol. The largest absolute Gasteiger partial charge is 0.453 e. The SMILES string of the molecule is CC1=NN(c2cc(S(=O)(=O)O)ccc2Cl)C(=O)C1N=Nc1cc(Cl)ccc1Oc1ccccc1Cl.[Na]. The number of amides is 1. The van der Waals surface area contributed by atoms with Gasteiger partial charge in [-0.25, -0.2) is 0 Å². The van der Waals surface area contributed by atoms with Crippen molar-refractivity contribution in [3.05, 3.63) is 75.7 Å². The third kappa shape index (κ3) is 6.27. The van der Waals surface area contributed by atoms with E-state index in [0.717, 1.165) is 17.1 Å². The van der Waals surface area contributed by atoms with Crippen LogP contribution < -0.4 is 9.75 Å². The number of hydrogen-bond donors (Lipinski definition) is 1. The van der Waals surface area contributed by atoms with Gasteiger partial charge in [0.05, 0.1) is 26.3 Å². The molecule has 0 aliphatic carbocycles. The van der Waals surface area contributed by atoms with Crippen molar-refractivity contribution in [3.8, 4) is 11.5 Å². The molecule has 3 aromatic rings. The van der Waals surface area contributed by atoms with Crippen molar-refractivity contribution < 1.29 is 22.5 Å². The first kappa shape index (κ1) is 28.5. The van der Waals surface area contributed by atoms with E-state index < -0.39 is 27.0 Å². The Bertz CT molecular complexity index is 1500. The van der Waals surface area contributed by atoms with Crippen LogP contribution in [-0.2, 0) is 14.9 Å². The van der Waals surface area contributed by atoms with Crippen molar-refractivity contribution in [2.24, 2.45) is 15.3 Å². The quantitative estimate of drug-likeness (QED) is 0.213. The van der Waals surface area contributed by atoms with E-state index in [2.05, 4.69) is 15.3 Å². The van der Waals surface area contributed by atoms with Crippen molar-refractivity contribution in [2.45, 2.75) is 17.9 Å². The van der Waals surface area contributed by atoms with Gasteiger partial charge in [0.2, 0.25) is 0 Å². The van der Waals surface area contributed by atoms with Crippen LogP contribution in [0, 0.1) is 0 Å². The summed E-state index contributed by atoms with van der Waals surface area (Å²) < 4.78 is 38.2. The van der Waals surface area contributed by atoms with Crippen LogP contribution >= 0.6 is 34.8 Å². The summed E-state index contributed by atoms with van der Waals surface area (Å²) in [6, 6.07) is 13.8. The summed E-state index contributed by atoms with van der Waals surface area (Å²) in [5.41, 5.74) is 0.486. The molecule has 0 aromatic heterocycles. The Morgan fingerprint density at radius 2 is 1.72 bits per heavy atom. The Morgan fingerprint density at radius 1 is 1.00 bits per heavy atom. The number of nitrogens with zero attached hydrogens (tertiary/aromatic N) is 4. The molecule has 1 aliphatic rings. The Morgan fingerprint density at radius 3 is 2.42 bits per heavy atom. The van der Waals surface area contributed by atoms with Crippen LogP contribution in [0.25, 0.3) is 0 Å². The zero-order valence-corrected chi connectivity index (χ0v) is 23.8. The third-order valence-electron chi connectivity index (χ3n) is 4.80. The van der Waals surface area contributed by atoms with Gasteiger partial charge in [0, 0.05) is 34.6 Å². The van der Waals surface area contributed by atoms with Crippen molar-refractivity contribution >= 4 is 97.5 Å². The molecule has 3 aromatic carbocycles. The number of carbonyl (C=O) groups excluding carboxylic acids is 1. The summed E-state index contributed by atoms with van der Waals surface area (Å²) in [6.07, 6.45) is 0. The van der Waals surface area contributed by atoms with Crippen molar-refractivity contribution in [2.75, 3.05) is 5.01 Å². The van der Waals surface area contributed by atoms with Crippen LogP contribution in [0.3, 0.4) is 0 Å². The number of anilines is 1. The van der Waals surface area contributed by atoms with E-state index in [1.165, 1.54) is 12.1 Å². The van der Waals surface area contributed by atoms with Gasteiger partial charge in [-0.1, -0.05) is 46.9 Å². The molecule has 1 heterocycles. The van der Waals surface area contributed by atoms with E-state index in [4.69, 9.17) is 39.5 Å². The standard InChI is InChI=1S/C22H15Cl3N4O5S.Na/c1-12-21(22(30)29(28-12)18-11-14(35(31,32)33)7-8-15(18)24)27-26-17-10-13(23)6-9-20(17)34-19-5-3-2-4-16(19)25;/h2-11,21H,1H3,(H,31,32,33);. The molecular formula is C22H15Cl3N4NaO5S. The number of benzene rings is 3. The number of ether oxygens (including phenoxy) is 1. The second-order valence-electron chi connectivity index (χ2n) is 7.24. The first-order valence-electron chi connectivity index (χ1n) is 9.83. The molecule has 0 saturated heterocycles. The summed E-state index contributed by atoms with van der Waals surface area (Å²) in [6.45, 7) is 1.56. The molecule has 0 spiro atoms. The minimum Gasteiger partial charge on any atom is -0.453 e. The van der Waals surface area contributed by atoms with Gasteiger partial charge in [-0.3, -0.25) is 9.35 Å². The van der Waals surface area contributed by atoms with Gasteiger partial charge in [-0.05, 0) is 55.5 Å². The van der Waals surface area contributed by atoms with Gasteiger partial charge < -0.3 is 4.74 Å². The molecule has 1 atom stereocenters. The summed E-state index contributed by atoms with van der Waals surface area (Å²) in [7, 11) is -4.52. The second-order valence-corrected chi connectivity index (χ2v) is 9.91. The van der Waals surface area contributed by atoms with E-state index in [9.17, 15) is 17.8 Å². The number of para-hydroxylation sites is 1. The second kappa shape index (κ2) is 11.6. The molecule has 1 unspecified atom stereocenters. The number of halogens is 3. The van der Waals surface area contributed by atoms with E-state index in [1.807, 2.05) is 0 Å². The van der Waals surface area contributed by atoms with Crippen LogP contribution in [-0.4, -0.2) is 60.2 Å². The fourth-order valence-electron chi connectivity index (χ4n) is 3.10. The monoisotopic (exact) mass is 575 g/mol. The van der Waals surface area contributed by atoms with Crippen molar-refractivity contribution in [1.82, 2.24) is 0 Å². The van der Waals surface area contributed by atoms with Crippen LogP contribution in [0.2, 0.25) is 15.1 Å². The molecule has 1 N–H and O–H groups in total. The Labute approximate surface area is 243 Å². The number of hydrogen-bond acceptors (Lipinski definition) is 7. The maximum absolute atomic E-state index is 13.1. The molecule has 36 heavy (non-hydrogen) atoms. The van der Waals surface area contributed by atoms with Crippen LogP contribution in [0.4, 0.5) is 11.4 Å². The Hall–Kier alpha value is -2.02. The van der Waals surface area contributed by atoms with Gasteiger partial charge in [-0.2, -0.15) is 28.8 Å². The first-order chi connectivity index (χ1) is 16.5. The number of carbonyl (C=O) groups is 1. The van der Waals surface area contributed by atoms with Gasteiger partial charge in [0.1, 0.15) is 11.4 Å². The molecule has 181 valence electrons. The minimum atomic E-state index is -4.52. The van der Waals surface area contributed by atoms with Crippen LogP contribution in [0.1, 0.15) is 6.92 Å². The molecule has 14 heteroatoms. The zero-order valence-electron chi connectivity index (χ0n) is 18.8. The topological polar surface area (TPSA) is 121 Å². The summed E-state index contributed by atoms with van der Waals surface area (Å²) in [5, 5.41) is 14.1. The first-order valence-corrected chi connectivity index (χ1v) is 12.4. The number of azo groups is 1. The van der Waals surface area contributed by atoms with Gasteiger partial charge >= 0.3 is 0 Å². The summed E-state index contributed by atoms with van der Waals surface area (Å²) in [5.74, 6) is 0.0606. The maximum Gasteiger partial charge on any atom is 0.294 e. The predicted molar refractivity (Wildman–Crippen MR) is 139 cm³/mol. The molecule has 1 radical (unpaired) electrons. The van der Waals surface area contributed by atoms with Crippen LogP contribution in [0.5, 0.6) is 11.5 Å². The zero-order chi connectivity index (χ0) is 25.3. The maximum atomic E-state index is 13.1. The number of hydrazone groups is 1. The van der Waals surface area contributed by atoms with E-state index in [0.29, 0.717) is 21.5 Å². The molecule has 1 aliphatic heterocycles. The van der Waals surface area contributed by atoms with Crippen molar-refractivity contribution in [1.29, 1.82) is 0 Å².